The molecule has 17 heteroatoms. The molecule has 79 heavy (non-hydrogen) atoms. The molecule has 3 aliphatic rings. The van der Waals surface area contributed by atoms with Gasteiger partial charge >= 0.3 is 0 Å². The molecule has 4 aromatic rings. The fourth-order valence-electron chi connectivity index (χ4n) is 11.0. The molecule has 7 amide bonds. The van der Waals surface area contributed by atoms with E-state index in [-0.39, 0.29) is 73.3 Å². The van der Waals surface area contributed by atoms with E-state index in [0.717, 1.165) is 41.5 Å². The molecule has 0 bridgehead atoms. The third kappa shape index (κ3) is 14.3. The van der Waals surface area contributed by atoms with Crippen LogP contribution < -0.4 is 31.9 Å². The monoisotopic (exact) mass is 1080 g/mol. The summed E-state index contributed by atoms with van der Waals surface area (Å²) < 4.78 is 15.3. The maximum Gasteiger partial charge on any atom is 0.254 e. The SMILES string of the molecule is CN[C@@H](C)C(=O)N[C@H](C(=O)N1Cc2ccccc2C[C@H]1CN(C(=O)c1ccc(C(=O)N[C@H]2C[C@@H](C(=O)N[C@@H]3CCCc4ccccc43)N(C(=O)[C@@H](NC(=O)[C@H](C)NC)C(C)(C)C)C2)cc1)[C@H](C)Cc1ccccc1F)C(C)(C)C. The minimum Gasteiger partial charge on any atom is -0.347 e. The molecule has 9 atom stereocenters. The first-order chi connectivity index (χ1) is 37.4. The Bertz CT molecular complexity index is 2860. The van der Waals surface area contributed by atoms with E-state index in [1.54, 1.807) is 80.2 Å². The zero-order valence-corrected chi connectivity index (χ0v) is 47.9. The summed E-state index contributed by atoms with van der Waals surface area (Å²) in [5, 5.41) is 18.1. The Labute approximate surface area is 465 Å². The number of nitrogens with one attached hydrogen (secondary N) is 6. The zero-order valence-electron chi connectivity index (χ0n) is 47.9. The number of carbonyl (C=O) groups is 7. The molecule has 1 fully saturated rings. The van der Waals surface area contributed by atoms with E-state index in [2.05, 4.69) is 38.0 Å². The van der Waals surface area contributed by atoms with Crippen molar-refractivity contribution in [1.29, 1.82) is 0 Å². The highest BCUT2D eigenvalue weighted by atomic mass is 19.1. The second kappa shape index (κ2) is 25.4. The lowest BCUT2D eigenvalue weighted by molar-refractivity contribution is -0.144. The van der Waals surface area contributed by atoms with Crippen LogP contribution in [0.2, 0.25) is 0 Å². The summed E-state index contributed by atoms with van der Waals surface area (Å²) in [6, 6.07) is 22.5. The summed E-state index contributed by atoms with van der Waals surface area (Å²) in [5.74, 6) is -3.05. The van der Waals surface area contributed by atoms with Gasteiger partial charge in [0.1, 0.15) is 23.9 Å². The molecule has 0 saturated carbocycles. The number of likely N-dealkylation sites (tertiary alicyclic amines) is 1. The molecule has 0 aromatic heterocycles. The van der Waals surface area contributed by atoms with Crippen molar-refractivity contribution < 1.29 is 38.0 Å². The molecular formula is C62H82FN9O7. The normalized spacial score (nSPS) is 20.1. The summed E-state index contributed by atoms with van der Waals surface area (Å²) >= 11 is 0. The maximum absolute atomic E-state index is 15.3. The average Bonchev–Trinajstić information content (AvgIpc) is 3.97. The lowest BCUT2D eigenvalue weighted by atomic mass is 9.84. The van der Waals surface area contributed by atoms with Gasteiger partial charge < -0.3 is 46.6 Å². The van der Waals surface area contributed by atoms with Crippen molar-refractivity contribution >= 4 is 41.4 Å². The van der Waals surface area contributed by atoms with Crippen molar-refractivity contribution in [2.24, 2.45) is 10.8 Å². The van der Waals surface area contributed by atoms with Gasteiger partial charge in [-0.2, -0.15) is 0 Å². The number of rotatable bonds is 18. The Balaban J connectivity index is 1.15. The van der Waals surface area contributed by atoms with Crippen LogP contribution in [0.4, 0.5) is 4.39 Å². The summed E-state index contributed by atoms with van der Waals surface area (Å²) in [7, 11) is 3.33. The molecule has 2 heterocycles. The number of benzene rings is 4. The quantitative estimate of drug-likeness (QED) is 0.0689. The molecule has 0 unspecified atom stereocenters. The highest BCUT2D eigenvalue weighted by molar-refractivity contribution is 5.99. The van der Waals surface area contributed by atoms with Crippen LogP contribution in [0.15, 0.2) is 97.1 Å². The van der Waals surface area contributed by atoms with Crippen LogP contribution in [0.1, 0.15) is 136 Å². The minimum atomic E-state index is -0.993. The summed E-state index contributed by atoms with van der Waals surface area (Å²) in [5.41, 5.74) is 3.67. The van der Waals surface area contributed by atoms with E-state index in [1.807, 2.05) is 90.9 Å². The molecule has 1 aliphatic carbocycles. The van der Waals surface area contributed by atoms with Crippen molar-refractivity contribution in [2.45, 2.75) is 162 Å². The van der Waals surface area contributed by atoms with E-state index in [9.17, 15) is 28.8 Å². The molecule has 4 aromatic carbocycles. The van der Waals surface area contributed by atoms with Crippen molar-refractivity contribution in [2.75, 3.05) is 27.2 Å². The number of hydrogen-bond donors (Lipinski definition) is 6. The first-order valence-electron chi connectivity index (χ1n) is 27.9. The number of likely N-dealkylation sites (N-methyl/N-ethyl adjacent to an activating group) is 2. The number of hydrogen-bond acceptors (Lipinski definition) is 9. The van der Waals surface area contributed by atoms with Crippen LogP contribution >= 0.6 is 0 Å². The van der Waals surface area contributed by atoms with Gasteiger partial charge in [0, 0.05) is 42.8 Å². The molecule has 1 saturated heterocycles. The predicted octanol–water partition coefficient (Wildman–Crippen LogP) is 6.02. The number of amides is 7. The molecule has 0 spiro atoms. The second-order valence-corrected chi connectivity index (χ2v) is 24.0. The summed E-state index contributed by atoms with van der Waals surface area (Å²) in [6.07, 6.45) is 3.22. The summed E-state index contributed by atoms with van der Waals surface area (Å²) in [6.45, 7) is 16.8. The molecule has 16 nitrogen and oxygen atoms in total. The largest absolute Gasteiger partial charge is 0.347 e. The van der Waals surface area contributed by atoms with Gasteiger partial charge in [0.25, 0.3) is 11.8 Å². The maximum atomic E-state index is 15.3. The molecule has 6 N–H and O–H groups in total. The van der Waals surface area contributed by atoms with Crippen LogP contribution in [-0.2, 0) is 49.8 Å². The fraction of sp³-hybridized carbons (Fsp3) is 0.500. The Hall–Kier alpha value is -6.98. The van der Waals surface area contributed by atoms with Gasteiger partial charge in [-0.15, -0.1) is 0 Å². The molecule has 7 rings (SSSR count). The number of aryl methyl sites for hydroxylation is 1. The van der Waals surface area contributed by atoms with Crippen molar-refractivity contribution in [1.82, 2.24) is 46.6 Å². The van der Waals surface area contributed by atoms with Crippen LogP contribution in [0.5, 0.6) is 0 Å². The topological polar surface area (TPSA) is 201 Å². The molecule has 424 valence electrons. The number of fused-ring (bicyclic) bond motifs is 2. The van der Waals surface area contributed by atoms with Gasteiger partial charge in [0.15, 0.2) is 0 Å². The minimum absolute atomic E-state index is 0.00245. The van der Waals surface area contributed by atoms with E-state index < -0.39 is 82.7 Å². The van der Waals surface area contributed by atoms with Gasteiger partial charge in [0.05, 0.1) is 24.2 Å². The second-order valence-electron chi connectivity index (χ2n) is 24.0. The highest BCUT2D eigenvalue weighted by Crippen LogP contribution is 2.33. The standard InChI is InChI=1S/C62H82FN9O7/c1-37(31-44-21-15-17-25-49(44)63)70(36-47-32-43-20-12-13-22-45(43)34-71(47)59(78)52(61(4,5)6)68-54(73)38(2)64-10)58(77)42-29-27-41(28-30-42)56(75)66-46-33-51(57(76)67-50-26-18-23-40-19-14-16-24-48(40)50)72(35-46)60(79)53(62(7,8)9)69-55(74)39(3)65-11/h12-17,19-22,24-25,27-30,37-39,46-47,50-53,64-65H,18,23,26,31-36H2,1-11H3,(H,66,75)(H,67,76)(H,68,73)(H,69,74)/t37-,38+,39+,46+,47+,50-,51+,52-,53-/m1/s1. The van der Waals surface area contributed by atoms with Gasteiger partial charge in [-0.05, 0) is 142 Å². The van der Waals surface area contributed by atoms with Crippen LogP contribution in [0.3, 0.4) is 0 Å². The Kier molecular flexibility index (Phi) is 19.2. The van der Waals surface area contributed by atoms with Gasteiger partial charge in [-0.3, -0.25) is 33.6 Å². The molecule has 2 aliphatic heterocycles. The predicted molar refractivity (Wildman–Crippen MR) is 303 cm³/mol. The Morgan fingerprint density at radius 3 is 1.81 bits per heavy atom. The van der Waals surface area contributed by atoms with E-state index in [1.165, 1.54) is 11.0 Å². The molecular weight excluding hydrogens is 1000 g/mol. The van der Waals surface area contributed by atoms with Crippen LogP contribution in [-0.4, -0.2) is 132 Å². The Morgan fingerprint density at radius 1 is 0.671 bits per heavy atom. The molecule has 0 radical (unpaired) electrons. The first-order valence-corrected chi connectivity index (χ1v) is 27.9. The summed E-state index contributed by atoms with van der Waals surface area (Å²) in [4.78, 5) is 105. The number of nitrogens with zero attached hydrogens (tertiary/aromatic N) is 3. The number of halogens is 1. The van der Waals surface area contributed by atoms with E-state index >= 15 is 9.18 Å². The van der Waals surface area contributed by atoms with Crippen molar-refractivity contribution in [3.05, 3.63) is 142 Å². The van der Waals surface area contributed by atoms with Crippen molar-refractivity contribution in [3.8, 4) is 0 Å². The first kappa shape index (κ1) is 59.7. The fourth-order valence-corrected chi connectivity index (χ4v) is 11.0. The Morgan fingerprint density at radius 2 is 1.22 bits per heavy atom. The highest BCUT2D eigenvalue weighted by Gasteiger charge is 2.47. The third-order valence-corrected chi connectivity index (χ3v) is 16.1. The van der Waals surface area contributed by atoms with E-state index in [0.29, 0.717) is 12.0 Å². The zero-order chi connectivity index (χ0) is 57.5. The van der Waals surface area contributed by atoms with Crippen LogP contribution in [0, 0.1) is 16.6 Å². The lowest BCUT2D eigenvalue weighted by Crippen LogP contribution is -2.61. The smallest absolute Gasteiger partial charge is 0.254 e. The lowest BCUT2D eigenvalue weighted by Gasteiger charge is -2.44. The van der Waals surface area contributed by atoms with Gasteiger partial charge in [-0.1, -0.05) is 108 Å². The average molecular weight is 1080 g/mol. The van der Waals surface area contributed by atoms with Crippen LogP contribution in [0.25, 0.3) is 0 Å². The third-order valence-electron chi connectivity index (χ3n) is 16.1. The van der Waals surface area contributed by atoms with Gasteiger partial charge in [-0.25, -0.2) is 4.39 Å². The van der Waals surface area contributed by atoms with Crippen molar-refractivity contribution in [3.63, 3.8) is 0 Å². The number of carbonyl (C=O) groups excluding carboxylic acids is 7. The van der Waals surface area contributed by atoms with E-state index in [4.69, 9.17) is 0 Å². The van der Waals surface area contributed by atoms with Gasteiger partial charge in [0.2, 0.25) is 29.5 Å².